The molecule has 1 aliphatic rings. The van der Waals surface area contributed by atoms with Crippen LogP contribution in [0.3, 0.4) is 0 Å². The van der Waals surface area contributed by atoms with E-state index in [1.54, 1.807) is 0 Å². The van der Waals surface area contributed by atoms with Crippen LogP contribution in [0.4, 0.5) is 0 Å². The first kappa shape index (κ1) is 11.2. The second-order valence-electron chi connectivity index (χ2n) is 4.83. The smallest absolute Gasteiger partial charge is 0.0736 e. The van der Waals surface area contributed by atoms with E-state index in [0.29, 0.717) is 0 Å². The van der Waals surface area contributed by atoms with Crippen LogP contribution in [0.5, 0.6) is 0 Å². The van der Waals surface area contributed by atoms with Crippen molar-refractivity contribution in [1.29, 1.82) is 0 Å². The summed E-state index contributed by atoms with van der Waals surface area (Å²) in [4.78, 5) is 0. The van der Waals surface area contributed by atoms with Gasteiger partial charge in [0.05, 0.1) is 6.10 Å². The Balaban J connectivity index is 2.15. The van der Waals surface area contributed by atoms with Crippen molar-refractivity contribution in [3.63, 3.8) is 0 Å². The number of rotatable bonds is 2. The molecule has 1 unspecified atom stereocenters. The molecule has 0 saturated heterocycles. The maximum Gasteiger partial charge on any atom is 0.0736 e. The van der Waals surface area contributed by atoms with Gasteiger partial charge in [-0.2, -0.15) is 0 Å². The monoisotopic (exact) mass is 236 g/mol. The molecule has 90 valence electrons. The van der Waals surface area contributed by atoms with Crippen LogP contribution < -0.4 is 0 Å². The first-order valence-corrected chi connectivity index (χ1v) is 6.30. The highest BCUT2D eigenvalue weighted by atomic mass is 16.3. The molecule has 0 radical (unpaired) electrons. The molecular weight excluding hydrogens is 220 g/mol. The van der Waals surface area contributed by atoms with E-state index in [0.717, 1.165) is 6.42 Å². The lowest BCUT2D eigenvalue weighted by Gasteiger charge is -2.29. The second-order valence-corrected chi connectivity index (χ2v) is 4.83. The van der Waals surface area contributed by atoms with Crippen molar-refractivity contribution in [2.24, 2.45) is 0 Å². The number of hydrogen-bond donors (Lipinski definition) is 1. The van der Waals surface area contributed by atoms with Crippen molar-refractivity contribution in [2.45, 2.75) is 17.9 Å². The maximum atomic E-state index is 9.90. The molecule has 1 N–H and O–H groups in total. The van der Waals surface area contributed by atoms with Gasteiger partial charge in [0, 0.05) is 5.41 Å². The molecule has 0 aromatic heterocycles. The molecule has 0 saturated carbocycles. The number of aliphatic hydroxyl groups excluding tert-OH is 1. The van der Waals surface area contributed by atoms with Gasteiger partial charge >= 0.3 is 0 Å². The Kier molecular flexibility index (Phi) is 2.77. The van der Waals surface area contributed by atoms with E-state index >= 15 is 0 Å². The van der Waals surface area contributed by atoms with Crippen LogP contribution in [0.25, 0.3) is 0 Å². The van der Waals surface area contributed by atoms with E-state index in [-0.39, 0.29) is 11.5 Å². The van der Waals surface area contributed by atoms with E-state index in [9.17, 15) is 5.11 Å². The molecule has 0 fully saturated rings. The Morgan fingerprint density at radius 1 is 0.833 bits per heavy atom. The third-order valence-corrected chi connectivity index (χ3v) is 3.71. The molecule has 18 heavy (non-hydrogen) atoms. The Hall–Kier alpha value is -1.86. The summed E-state index contributed by atoms with van der Waals surface area (Å²) < 4.78 is 0. The third kappa shape index (κ3) is 1.77. The lowest BCUT2D eigenvalue weighted by Crippen LogP contribution is -2.25. The minimum absolute atomic E-state index is 0.179. The fourth-order valence-electron chi connectivity index (χ4n) is 2.81. The lowest BCUT2D eigenvalue weighted by molar-refractivity contribution is 0.208. The van der Waals surface area contributed by atoms with Gasteiger partial charge in [-0.1, -0.05) is 72.8 Å². The highest BCUT2D eigenvalue weighted by Crippen LogP contribution is 2.41. The molecule has 0 bridgehead atoms. The average molecular weight is 236 g/mol. The zero-order valence-electron chi connectivity index (χ0n) is 10.2. The highest BCUT2D eigenvalue weighted by molar-refractivity contribution is 5.47. The van der Waals surface area contributed by atoms with Gasteiger partial charge in [0.15, 0.2) is 0 Å². The fraction of sp³-hybridized carbons (Fsp3) is 0.176. The first-order valence-electron chi connectivity index (χ1n) is 6.30. The SMILES string of the molecule is OC1C=CC(c2ccccc2)(c2ccccc2)C1. The van der Waals surface area contributed by atoms with Gasteiger partial charge in [0.2, 0.25) is 0 Å². The summed E-state index contributed by atoms with van der Waals surface area (Å²) in [6, 6.07) is 20.8. The van der Waals surface area contributed by atoms with Crippen LogP contribution in [0.2, 0.25) is 0 Å². The van der Waals surface area contributed by atoms with E-state index < -0.39 is 0 Å². The zero-order chi connectivity index (χ0) is 12.4. The van der Waals surface area contributed by atoms with Crippen molar-refractivity contribution < 1.29 is 5.11 Å². The second kappa shape index (κ2) is 4.43. The third-order valence-electron chi connectivity index (χ3n) is 3.71. The minimum Gasteiger partial charge on any atom is -0.389 e. The van der Waals surface area contributed by atoms with Gasteiger partial charge in [-0.05, 0) is 17.5 Å². The zero-order valence-corrected chi connectivity index (χ0v) is 10.2. The van der Waals surface area contributed by atoms with Gasteiger partial charge in [0.1, 0.15) is 0 Å². The molecule has 0 amide bonds. The molecule has 0 heterocycles. The normalized spacial score (nSPS) is 21.1. The van der Waals surface area contributed by atoms with Crippen LogP contribution in [0, 0.1) is 0 Å². The first-order chi connectivity index (χ1) is 8.81. The summed E-state index contributed by atoms with van der Waals surface area (Å²) in [5.41, 5.74) is 2.30. The Morgan fingerprint density at radius 3 is 1.72 bits per heavy atom. The predicted molar refractivity (Wildman–Crippen MR) is 73.4 cm³/mol. The van der Waals surface area contributed by atoms with E-state index in [2.05, 4.69) is 54.6 Å². The van der Waals surface area contributed by atoms with Crippen molar-refractivity contribution in [2.75, 3.05) is 0 Å². The summed E-state index contributed by atoms with van der Waals surface area (Å²) >= 11 is 0. The summed E-state index contributed by atoms with van der Waals surface area (Å²) in [6.07, 6.45) is 4.41. The van der Waals surface area contributed by atoms with Crippen molar-refractivity contribution in [3.05, 3.63) is 83.9 Å². The van der Waals surface area contributed by atoms with Crippen molar-refractivity contribution >= 4 is 0 Å². The minimum atomic E-state index is -0.356. The van der Waals surface area contributed by atoms with Crippen LogP contribution in [0.1, 0.15) is 17.5 Å². The summed E-state index contributed by atoms with van der Waals surface area (Å²) in [5, 5.41) is 9.90. The molecule has 0 aliphatic heterocycles. The van der Waals surface area contributed by atoms with E-state index in [1.807, 2.05) is 18.2 Å². The molecule has 0 spiro atoms. The largest absolute Gasteiger partial charge is 0.389 e. The van der Waals surface area contributed by atoms with Gasteiger partial charge in [-0.25, -0.2) is 0 Å². The number of allylic oxidation sites excluding steroid dienone is 1. The molecule has 2 aromatic carbocycles. The summed E-state index contributed by atoms with van der Waals surface area (Å²) in [6.45, 7) is 0. The molecule has 1 nitrogen and oxygen atoms in total. The van der Waals surface area contributed by atoms with Crippen LogP contribution in [-0.2, 0) is 5.41 Å². The van der Waals surface area contributed by atoms with Crippen LogP contribution in [-0.4, -0.2) is 11.2 Å². The maximum absolute atomic E-state index is 9.90. The molecule has 1 atom stereocenters. The molecule has 1 heteroatoms. The molecule has 1 aliphatic carbocycles. The van der Waals surface area contributed by atoms with Crippen molar-refractivity contribution in [1.82, 2.24) is 0 Å². The highest BCUT2D eigenvalue weighted by Gasteiger charge is 2.36. The predicted octanol–water partition coefficient (Wildman–Crippen LogP) is 3.29. The average Bonchev–Trinajstić information content (AvgIpc) is 2.84. The lowest BCUT2D eigenvalue weighted by atomic mass is 9.74. The van der Waals surface area contributed by atoms with E-state index in [1.165, 1.54) is 11.1 Å². The van der Waals surface area contributed by atoms with Gasteiger partial charge < -0.3 is 5.11 Å². The number of hydrogen-bond acceptors (Lipinski definition) is 1. The Morgan fingerprint density at radius 2 is 1.33 bits per heavy atom. The van der Waals surface area contributed by atoms with Gasteiger partial charge in [-0.3, -0.25) is 0 Å². The summed E-state index contributed by atoms with van der Waals surface area (Å²) in [5.74, 6) is 0. The van der Waals surface area contributed by atoms with Gasteiger partial charge in [-0.15, -0.1) is 0 Å². The van der Waals surface area contributed by atoms with Crippen molar-refractivity contribution in [3.8, 4) is 0 Å². The van der Waals surface area contributed by atoms with Crippen LogP contribution in [0.15, 0.2) is 72.8 Å². The standard InChI is InChI=1S/C17H16O/c18-16-11-12-17(13-16,14-7-3-1-4-8-14)15-9-5-2-6-10-15/h1-12,16,18H,13H2. The van der Waals surface area contributed by atoms with Gasteiger partial charge in [0.25, 0.3) is 0 Å². The molecular formula is C17H16O. The topological polar surface area (TPSA) is 20.2 Å². The summed E-state index contributed by atoms with van der Waals surface area (Å²) in [7, 11) is 0. The van der Waals surface area contributed by atoms with Crippen LogP contribution >= 0.6 is 0 Å². The molecule has 3 rings (SSSR count). The number of aliphatic hydroxyl groups is 1. The fourth-order valence-corrected chi connectivity index (χ4v) is 2.81. The van der Waals surface area contributed by atoms with E-state index in [4.69, 9.17) is 0 Å². The molecule has 2 aromatic rings. The quantitative estimate of drug-likeness (QED) is 0.793. The Labute approximate surface area is 107 Å². The number of benzene rings is 2. The Bertz CT molecular complexity index is 503.